The zero-order chi connectivity index (χ0) is 17.7. The summed E-state index contributed by atoms with van der Waals surface area (Å²) in [6, 6.07) is 4.37. The number of nitrogens with one attached hydrogen (secondary N) is 1. The Bertz CT molecular complexity index is 560. The van der Waals surface area contributed by atoms with E-state index in [0.717, 1.165) is 13.1 Å². The van der Waals surface area contributed by atoms with Gasteiger partial charge in [-0.25, -0.2) is 9.18 Å². The zero-order valence-electron chi connectivity index (χ0n) is 14.6. The van der Waals surface area contributed by atoms with Crippen LogP contribution in [0.15, 0.2) is 18.2 Å². The van der Waals surface area contributed by atoms with Gasteiger partial charge < -0.3 is 20.2 Å². The summed E-state index contributed by atoms with van der Waals surface area (Å²) in [5.41, 5.74) is 1.11. The Balaban J connectivity index is 1.79. The molecule has 0 spiro atoms. The van der Waals surface area contributed by atoms with E-state index in [4.69, 9.17) is 0 Å². The van der Waals surface area contributed by atoms with Crippen LogP contribution in [0.2, 0.25) is 0 Å². The van der Waals surface area contributed by atoms with Crippen LogP contribution in [0.3, 0.4) is 0 Å². The highest BCUT2D eigenvalue weighted by atomic mass is 19.1. The van der Waals surface area contributed by atoms with E-state index in [1.807, 2.05) is 19.0 Å². The quantitative estimate of drug-likeness (QED) is 0.847. The Hall–Kier alpha value is -1.70. The van der Waals surface area contributed by atoms with Crippen molar-refractivity contribution in [1.82, 2.24) is 14.7 Å². The lowest BCUT2D eigenvalue weighted by Gasteiger charge is -2.35. The van der Waals surface area contributed by atoms with Gasteiger partial charge in [0.1, 0.15) is 5.82 Å². The summed E-state index contributed by atoms with van der Waals surface area (Å²) in [5, 5.41) is 12.8. The number of amides is 2. The molecular formula is C17H27FN4O2. The monoisotopic (exact) mass is 338 g/mol. The van der Waals surface area contributed by atoms with Crippen LogP contribution in [0, 0.1) is 12.7 Å². The second-order valence-electron chi connectivity index (χ2n) is 6.60. The third-order valence-electron chi connectivity index (χ3n) is 4.11. The molecule has 2 N–H and O–H groups in total. The fraction of sp³-hybridized carbons (Fsp3) is 0.588. The molecule has 1 aromatic carbocycles. The number of halogens is 1. The first-order valence-corrected chi connectivity index (χ1v) is 8.22. The highest BCUT2D eigenvalue weighted by molar-refractivity contribution is 5.89. The number of carbonyl (C=O) groups excluding carboxylic acids is 1. The van der Waals surface area contributed by atoms with Crippen molar-refractivity contribution in [3.05, 3.63) is 29.6 Å². The lowest BCUT2D eigenvalue weighted by molar-refractivity contribution is 0.0677. The molecule has 1 saturated heterocycles. The fourth-order valence-corrected chi connectivity index (χ4v) is 2.84. The SMILES string of the molecule is Cc1cc(NC(=O)N2CCN(CC(O)CN(C)C)CC2)ccc1F. The van der Waals surface area contributed by atoms with Gasteiger partial charge in [-0.3, -0.25) is 4.90 Å². The molecular weight excluding hydrogens is 311 g/mol. The summed E-state index contributed by atoms with van der Waals surface area (Å²) in [5.74, 6) is -0.280. The molecule has 1 aliphatic rings. The van der Waals surface area contributed by atoms with Gasteiger partial charge in [-0.05, 0) is 44.8 Å². The van der Waals surface area contributed by atoms with Crippen molar-refractivity contribution < 1.29 is 14.3 Å². The second-order valence-corrected chi connectivity index (χ2v) is 6.60. The van der Waals surface area contributed by atoms with Crippen LogP contribution in [0.1, 0.15) is 5.56 Å². The number of nitrogens with zero attached hydrogens (tertiary/aromatic N) is 3. The van der Waals surface area contributed by atoms with E-state index in [0.29, 0.717) is 37.4 Å². The van der Waals surface area contributed by atoms with Gasteiger partial charge >= 0.3 is 6.03 Å². The minimum Gasteiger partial charge on any atom is -0.390 e. The largest absolute Gasteiger partial charge is 0.390 e. The van der Waals surface area contributed by atoms with Crippen molar-refractivity contribution >= 4 is 11.7 Å². The smallest absolute Gasteiger partial charge is 0.321 e. The summed E-state index contributed by atoms with van der Waals surface area (Å²) >= 11 is 0. The van der Waals surface area contributed by atoms with E-state index < -0.39 is 0 Å². The predicted octanol–water partition coefficient (Wildman–Crippen LogP) is 1.21. The molecule has 24 heavy (non-hydrogen) atoms. The number of piperazine rings is 1. The number of urea groups is 1. The summed E-state index contributed by atoms with van der Waals surface area (Å²) in [7, 11) is 3.87. The molecule has 2 amide bonds. The summed E-state index contributed by atoms with van der Waals surface area (Å²) in [6.07, 6.45) is -0.387. The molecule has 1 aromatic rings. The van der Waals surface area contributed by atoms with E-state index in [9.17, 15) is 14.3 Å². The van der Waals surface area contributed by atoms with Gasteiger partial charge in [0, 0.05) is 45.0 Å². The van der Waals surface area contributed by atoms with E-state index in [1.165, 1.54) is 6.07 Å². The minimum atomic E-state index is -0.387. The first-order valence-electron chi connectivity index (χ1n) is 8.22. The normalized spacial score (nSPS) is 17.2. The number of β-amino-alcohol motifs (C(OH)–C–C–N with tert-alkyl or cyclic N) is 1. The predicted molar refractivity (Wildman–Crippen MR) is 92.7 cm³/mol. The molecule has 0 radical (unpaired) electrons. The minimum absolute atomic E-state index is 0.172. The third-order valence-corrected chi connectivity index (χ3v) is 4.11. The van der Waals surface area contributed by atoms with Gasteiger partial charge in [-0.2, -0.15) is 0 Å². The summed E-state index contributed by atoms with van der Waals surface area (Å²) in [6.45, 7) is 5.61. The van der Waals surface area contributed by atoms with Crippen LogP contribution in [0.25, 0.3) is 0 Å². The van der Waals surface area contributed by atoms with Gasteiger partial charge in [0.25, 0.3) is 0 Å². The molecule has 0 aromatic heterocycles. The van der Waals surface area contributed by atoms with Crippen molar-refractivity contribution in [2.75, 3.05) is 58.7 Å². The van der Waals surface area contributed by atoms with Crippen molar-refractivity contribution in [3.63, 3.8) is 0 Å². The number of carbonyl (C=O) groups is 1. The van der Waals surface area contributed by atoms with E-state index >= 15 is 0 Å². The number of aryl methyl sites for hydroxylation is 1. The summed E-state index contributed by atoms with van der Waals surface area (Å²) in [4.78, 5) is 18.2. The Morgan fingerprint density at radius 1 is 1.33 bits per heavy atom. The maximum Gasteiger partial charge on any atom is 0.321 e. The Kier molecular flexibility index (Phi) is 6.53. The maximum atomic E-state index is 13.3. The number of likely N-dealkylation sites (N-methyl/N-ethyl adjacent to an activating group) is 1. The molecule has 2 rings (SSSR count). The first kappa shape index (κ1) is 18.6. The number of anilines is 1. The van der Waals surface area contributed by atoms with E-state index in [-0.39, 0.29) is 18.0 Å². The number of hydrogen-bond donors (Lipinski definition) is 2. The van der Waals surface area contributed by atoms with Gasteiger partial charge in [-0.15, -0.1) is 0 Å². The number of aliphatic hydroxyl groups is 1. The van der Waals surface area contributed by atoms with Crippen molar-refractivity contribution in [3.8, 4) is 0 Å². The molecule has 6 nitrogen and oxygen atoms in total. The molecule has 1 fully saturated rings. The Morgan fingerprint density at radius 3 is 2.58 bits per heavy atom. The zero-order valence-corrected chi connectivity index (χ0v) is 14.6. The van der Waals surface area contributed by atoms with Crippen LogP contribution in [0.5, 0.6) is 0 Å². The maximum absolute atomic E-state index is 13.3. The topological polar surface area (TPSA) is 59.1 Å². The van der Waals surface area contributed by atoms with Crippen molar-refractivity contribution in [2.45, 2.75) is 13.0 Å². The van der Waals surface area contributed by atoms with Gasteiger partial charge in [0.05, 0.1) is 6.10 Å². The van der Waals surface area contributed by atoms with Crippen LogP contribution in [0.4, 0.5) is 14.9 Å². The highest BCUT2D eigenvalue weighted by Crippen LogP contribution is 2.14. The Morgan fingerprint density at radius 2 is 2.00 bits per heavy atom. The molecule has 1 unspecified atom stereocenters. The van der Waals surface area contributed by atoms with Gasteiger partial charge in [0.2, 0.25) is 0 Å². The lowest BCUT2D eigenvalue weighted by Crippen LogP contribution is -2.52. The second kappa shape index (κ2) is 8.41. The van der Waals surface area contributed by atoms with Crippen LogP contribution in [-0.4, -0.2) is 85.3 Å². The van der Waals surface area contributed by atoms with Gasteiger partial charge in [-0.1, -0.05) is 0 Å². The van der Waals surface area contributed by atoms with Crippen LogP contribution in [-0.2, 0) is 0 Å². The average molecular weight is 338 g/mol. The highest BCUT2D eigenvalue weighted by Gasteiger charge is 2.22. The van der Waals surface area contributed by atoms with E-state index in [2.05, 4.69) is 10.2 Å². The summed E-state index contributed by atoms with van der Waals surface area (Å²) < 4.78 is 13.3. The van der Waals surface area contributed by atoms with Crippen molar-refractivity contribution in [2.24, 2.45) is 0 Å². The van der Waals surface area contributed by atoms with E-state index in [1.54, 1.807) is 24.0 Å². The number of rotatable bonds is 5. The lowest BCUT2D eigenvalue weighted by atomic mass is 10.2. The third kappa shape index (κ3) is 5.43. The molecule has 1 heterocycles. The van der Waals surface area contributed by atoms with Crippen LogP contribution < -0.4 is 5.32 Å². The fourth-order valence-electron chi connectivity index (χ4n) is 2.84. The molecule has 7 heteroatoms. The first-order chi connectivity index (χ1) is 11.3. The Labute approximate surface area is 142 Å². The standard InChI is InChI=1S/C17H27FN4O2/c1-13-10-14(4-5-16(13)18)19-17(24)22-8-6-21(7-9-22)12-15(23)11-20(2)3/h4-5,10,15,23H,6-9,11-12H2,1-3H3,(H,19,24). The number of hydrogen-bond acceptors (Lipinski definition) is 4. The van der Waals surface area contributed by atoms with Crippen LogP contribution >= 0.6 is 0 Å². The molecule has 1 atom stereocenters. The average Bonchev–Trinajstić information content (AvgIpc) is 2.50. The molecule has 0 aliphatic carbocycles. The molecule has 1 aliphatic heterocycles. The molecule has 0 bridgehead atoms. The van der Waals surface area contributed by atoms with Crippen molar-refractivity contribution in [1.29, 1.82) is 0 Å². The molecule has 134 valence electrons. The molecule has 0 saturated carbocycles. The number of benzene rings is 1. The van der Waals surface area contributed by atoms with Gasteiger partial charge in [0.15, 0.2) is 0 Å². The number of aliphatic hydroxyl groups excluding tert-OH is 1.